The lowest BCUT2D eigenvalue weighted by molar-refractivity contribution is 0.183. The summed E-state index contributed by atoms with van der Waals surface area (Å²) in [5.41, 5.74) is 5.83. The van der Waals surface area contributed by atoms with Crippen LogP contribution >= 0.6 is 0 Å². The van der Waals surface area contributed by atoms with E-state index in [0.717, 1.165) is 46.4 Å². The van der Waals surface area contributed by atoms with Gasteiger partial charge in [0, 0.05) is 36.8 Å². The highest BCUT2D eigenvalue weighted by Crippen LogP contribution is 2.39. The molecule has 0 spiro atoms. The molecule has 0 saturated carbocycles. The SMILES string of the molecule is COc1cc2c(cc1OC)[C@@H](Cc1ccc(F)cc1)N(CCNC(=O)Nc1cc(C)nc3ccccc13)CC2. The number of carbonyl (C=O) groups is 1. The minimum Gasteiger partial charge on any atom is -0.493 e. The molecule has 0 bridgehead atoms. The first kappa shape index (κ1) is 26.4. The summed E-state index contributed by atoms with van der Waals surface area (Å²) in [6.45, 7) is 3.86. The number of fused-ring (bicyclic) bond motifs is 2. The summed E-state index contributed by atoms with van der Waals surface area (Å²) in [5, 5.41) is 6.90. The van der Waals surface area contributed by atoms with Crippen LogP contribution in [0.3, 0.4) is 0 Å². The highest BCUT2D eigenvalue weighted by Gasteiger charge is 2.29. The van der Waals surface area contributed by atoms with Gasteiger partial charge in [-0.25, -0.2) is 9.18 Å². The first-order chi connectivity index (χ1) is 18.9. The minimum absolute atomic E-state index is 0.0377. The summed E-state index contributed by atoms with van der Waals surface area (Å²) in [7, 11) is 3.28. The Labute approximate surface area is 228 Å². The van der Waals surface area contributed by atoms with Crippen LogP contribution in [0.15, 0.2) is 66.7 Å². The molecule has 1 atom stereocenters. The maximum atomic E-state index is 13.6. The summed E-state index contributed by atoms with van der Waals surface area (Å²) in [6, 6.07) is 20.2. The molecule has 39 heavy (non-hydrogen) atoms. The number of hydrogen-bond acceptors (Lipinski definition) is 5. The smallest absolute Gasteiger partial charge is 0.319 e. The Hall–Kier alpha value is -4.17. The van der Waals surface area contributed by atoms with Crippen LogP contribution < -0.4 is 20.1 Å². The zero-order chi connectivity index (χ0) is 27.4. The molecule has 202 valence electrons. The van der Waals surface area contributed by atoms with Gasteiger partial charge in [0.15, 0.2) is 11.5 Å². The van der Waals surface area contributed by atoms with E-state index >= 15 is 0 Å². The van der Waals surface area contributed by atoms with Crippen molar-refractivity contribution >= 4 is 22.6 Å². The molecule has 1 aromatic heterocycles. The van der Waals surface area contributed by atoms with E-state index in [1.165, 1.54) is 17.7 Å². The van der Waals surface area contributed by atoms with Gasteiger partial charge in [-0.15, -0.1) is 0 Å². The molecule has 0 aliphatic carbocycles. The number of carbonyl (C=O) groups excluding carboxylic acids is 1. The lowest BCUT2D eigenvalue weighted by Gasteiger charge is -2.38. The van der Waals surface area contributed by atoms with E-state index in [9.17, 15) is 9.18 Å². The molecule has 7 nitrogen and oxygen atoms in total. The van der Waals surface area contributed by atoms with Crippen LogP contribution in [0.2, 0.25) is 0 Å². The Bertz CT molecular complexity index is 1480. The highest BCUT2D eigenvalue weighted by molar-refractivity contribution is 6.00. The summed E-state index contributed by atoms with van der Waals surface area (Å²) in [6.07, 6.45) is 1.56. The van der Waals surface area contributed by atoms with Crippen molar-refractivity contribution in [2.75, 3.05) is 39.2 Å². The van der Waals surface area contributed by atoms with Gasteiger partial charge in [-0.05, 0) is 72.9 Å². The van der Waals surface area contributed by atoms with Crippen LogP contribution in [0, 0.1) is 12.7 Å². The number of halogens is 1. The van der Waals surface area contributed by atoms with Gasteiger partial charge in [0.2, 0.25) is 0 Å². The summed E-state index contributed by atoms with van der Waals surface area (Å²) in [5.74, 6) is 1.14. The van der Waals surface area contributed by atoms with Gasteiger partial charge in [-0.2, -0.15) is 0 Å². The average Bonchev–Trinajstić information content (AvgIpc) is 2.94. The third kappa shape index (κ3) is 5.96. The number of aromatic nitrogens is 1. The van der Waals surface area contributed by atoms with Gasteiger partial charge in [0.25, 0.3) is 0 Å². The second kappa shape index (κ2) is 11.7. The summed E-state index contributed by atoms with van der Waals surface area (Å²) >= 11 is 0. The van der Waals surface area contributed by atoms with E-state index < -0.39 is 0 Å². The number of hydrogen-bond donors (Lipinski definition) is 2. The standard InChI is InChI=1S/C31H33FN4O3/c1-20-16-27(24-6-4-5-7-26(24)34-20)35-31(37)33-13-15-36-14-12-22-18-29(38-2)30(39-3)19-25(22)28(36)17-21-8-10-23(32)11-9-21/h4-11,16,18-19,28H,12-15,17H2,1-3H3,(H2,33,34,35,37)/t28-/m1/s1. The number of urea groups is 1. The topological polar surface area (TPSA) is 75.7 Å². The Morgan fingerprint density at radius 1 is 1.05 bits per heavy atom. The Balaban J connectivity index is 1.31. The van der Waals surface area contributed by atoms with E-state index in [4.69, 9.17) is 9.47 Å². The van der Waals surface area contributed by atoms with Crippen LogP contribution in [0.1, 0.15) is 28.4 Å². The molecule has 1 aliphatic heterocycles. The monoisotopic (exact) mass is 528 g/mol. The number of para-hydroxylation sites is 1. The number of pyridine rings is 1. The number of rotatable bonds is 8. The molecule has 0 unspecified atom stereocenters. The maximum Gasteiger partial charge on any atom is 0.319 e. The van der Waals surface area contributed by atoms with E-state index in [1.807, 2.05) is 55.5 Å². The molecule has 2 N–H and O–H groups in total. The van der Waals surface area contributed by atoms with Gasteiger partial charge in [-0.3, -0.25) is 9.88 Å². The first-order valence-corrected chi connectivity index (χ1v) is 13.1. The van der Waals surface area contributed by atoms with E-state index in [-0.39, 0.29) is 17.9 Å². The highest BCUT2D eigenvalue weighted by atomic mass is 19.1. The normalized spacial score (nSPS) is 15.0. The first-order valence-electron chi connectivity index (χ1n) is 13.1. The molecular weight excluding hydrogens is 495 g/mol. The van der Waals surface area contributed by atoms with Gasteiger partial charge in [0.1, 0.15) is 5.82 Å². The fourth-order valence-electron chi connectivity index (χ4n) is 5.32. The van der Waals surface area contributed by atoms with Crippen molar-refractivity contribution in [1.82, 2.24) is 15.2 Å². The Kier molecular flexibility index (Phi) is 7.93. The van der Waals surface area contributed by atoms with Crippen molar-refractivity contribution < 1.29 is 18.7 Å². The average molecular weight is 529 g/mol. The van der Waals surface area contributed by atoms with Gasteiger partial charge >= 0.3 is 6.03 Å². The van der Waals surface area contributed by atoms with Crippen LogP contribution in [0.5, 0.6) is 11.5 Å². The van der Waals surface area contributed by atoms with Crippen LogP contribution in [0.25, 0.3) is 10.9 Å². The molecule has 1 aliphatic rings. The number of amides is 2. The largest absolute Gasteiger partial charge is 0.493 e. The lowest BCUT2D eigenvalue weighted by Crippen LogP contribution is -2.42. The predicted molar refractivity (Wildman–Crippen MR) is 151 cm³/mol. The second-order valence-electron chi connectivity index (χ2n) is 9.75. The zero-order valence-corrected chi connectivity index (χ0v) is 22.5. The third-order valence-corrected chi connectivity index (χ3v) is 7.23. The van der Waals surface area contributed by atoms with Crippen molar-refractivity contribution in [3.8, 4) is 11.5 Å². The van der Waals surface area contributed by atoms with Gasteiger partial charge in [0.05, 0.1) is 25.4 Å². The molecule has 4 aromatic rings. The zero-order valence-electron chi connectivity index (χ0n) is 22.5. The number of anilines is 1. The Morgan fingerprint density at radius 3 is 2.56 bits per heavy atom. The summed E-state index contributed by atoms with van der Waals surface area (Å²) in [4.78, 5) is 19.7. The molecular formula is C31H33FN4O3. The second-order valence-corrected chi connectivity index (χ2v) is 9.75. The molecule has 2 heterocycles. The molecule has 0 saturated heterocycles. The van der Waals surface area contributed by atoms with Crippen molar-refractivity contribution in [2.24, 2.45) is 0 Å². The predicted octanol–water partition coefficient (Wildman–Crippen LogP) is 5.66. The number of nitrogens with zero attached hydrogens (tertiary/aromatic N) is 2. The molecule has 2 amide bonds. The number of aryl methyl sites for hydroxylation is 1. The molecule has 5 rings (SSSR count). The molecule has 8 heteroatoms. The third-order valence-electron chi connectivity index (χ3n) is 7.23. The lowest BCUT2D eigenvalue weighted by atomic mass is 9.88. The van der Waals surface area contributed by atoms with Crippen LogP contribution in [0.4, 0.5) is 14.9 Å². The van der Waals surface area contributed by atoms with Crippen molar-refractivity contribution in [3.05, 3.63) is 94.9 Å². The Morgan fingerprint density at radius 2 is 1.79 bits per heavy atom. The van der Waals surface area contributed by atoms with Crippen molar-refractivity contribution in [2.45, 2.75) is 25.8 Å². The fourth-order valence-corrected chi connectivity index (χ4v) is 5.32. The number of benzene rings is 3. The van der Waals surface area contributed by atoms with Crippen molar-refractivity contribution in [1.29, 1.82) is 0 Å². The number of ether oxygens (including phenoxy) is 2. The van der Waals surface area contributed by atoms with E-state index in [0.29, 0.717) is 31.0 Å². The maximum absolute atomic E-state index is 13.6. The van der Waals surface area contributed by atoms with Gasteiger partial charge < -0.3 is 20.1 Å². The van der Waals surface area contributed by atoms with Crippen molar-refractivity contribution in [3.63, 3.8) is 0 Å². The fraction of sp³-hybridized carbons (Fsp3) is 0.290. The molecule has 0 radical (unpaired) electrons. The van der Waals surface area contributed by atoms with Crippen LogP contribution in [-0.4, -0.2) is 49.8 Å². The molecule has 3 aromatic carbocycles. The number of methoxy groups -OCH3 is 2. The quantitative estimate of drug-likeness (QED) is 0.309. The summed E-state index contributed by atoms with van der Waals surface area (Å²) < 4.78 is 24.7. The van der Waals surface area contributed by atoms with Gasteiger partial charge in [-0.1, -0.05) is 30.3 Å². The van der Waals surface area contributed by atoms with E-state index in [2.05, 4.69) is 26.6 Å². The number of nitrogens with one attached hydrogen (secondary N) is 2. The minimum atomic E-state index is -0.260. The van der Waals surface area contributed by atoms with Crippen LogP contribution in [-0.2, 0) is 12.8 Å². The van der Waals surface area contributed by atoms with E-state index in [1.54, 1.807) is 14.2 Å². The molecule has 0 fully saturated rings.